The van der Waals surface area contributed by atoms with Crippen LogP contribution in [0.5, 0.6) is 0 Å². The molecule has 1 heterocycles. The number of nitrogens with zero attached hydrogens (tertiary/aromatic N) is 1. The van der Waals surface area contributed by atoms with E-state index in [1.54, 1.807) is 18.2 Å². The van der Waals surface area contributed by atoms with Gasteiger partial charge in [0.2, 0.25) is 10.0 Å². The fraction of sp³-hybridized carbons (Fsp3) is 0.400. The Morgan fingerprint density at radius 3 is 2.41 bits per heavy atom. The van der Waals surface area contributed by atoms with Crippen molar-refractivity contribution in [1.82, 2.24) is 9.62 Å². The van der Waals surface area contributed by atoms with Gasteiger partial charge in [0.25, 0.3) is 0 Å². The molecule has 0 amide bonds. The summed E-state index contributed by atoms with van der Waals surface area (Å²) in [7, 11) is -3.62. The molecular formula is C20H25BrN2O3S. The van der Waals surface area contributed by atoms with Gasteiger partial charge in [0.05, 0.1) is 24.2 Å². The summed E-state index contributed by atoms with van der Waals surface area (Å²) in [5.74, 6) is 0. The van der Waals surface area contributed by atoms with Crippen LogP contribution in [0.3, 0.4) is 0 Å². The van der Waals surface area contributed by atoms with Gasteiger partial charge in [0, 0.05) is 23.6 Å². The molecule has 1 saturated heterocycles. The number of rotatable bonds is 6. The van der Waals surface area contributed by atoms with E-state index in [0.717, 1.165) is 28.7 Å². The SMILES string of the molecule is Cc1cc(S(=O)(=O)N[C@@H](C)[C@H](c2ccccc2)N2CCOCC2)ccc1Br. The number of hydrogen-bond acceptors (Lipinski definition) is 4. The number of nitrogens with one attached hydrogen (secondary N) is 1. The first-order valence-corrected chi connectivity index (χ1v) is 11.3. The molecule has 7 heteroatoms. The van der Waals surface area contributed by atoms with Crippen LogP contribution in [0.2, 0.25) is 0 Å². The predicted molar refractivity (Wildman–Crippen MR) is 110 cm³/mol. The molecule has 0 saturated carbocycles. The number of ether oxygens (including phenoxy) is 1. The zero-order chi connectivity index (χ0) is 19.4. The monoisotopic (exact) mass is 452 g/mol. The molecule has 1 N–H and O–H groups in total. The third kappa shape index (κ3) is 4.97. The molecule has 3 rings (SSSR count). The highest BCUT2D eigenvalue weighted by Gasteiger charge is 2.30. The third-order valence-electron chi connectivity index (χ3n) is 4.83. The maximum absolute atomic E-state index is 13.0. The number of hydrogen-bond donors (Lipinski definition) is 1. The molecule has 27 heavy (non-hydrogen) atoms. The van der Waals surface area contributed by atoms with E-state index in [0.29, 0.717) is 13.2 Å². The summed E-state index contributed by atoms with van der Waals surface area (Å²) in [6.45, 7) is 6.69. The summed E-state index contributed by atoms with van der Waals surface area (Å²) in [4.78, 5) is 2.57. The van der Waals surface area contributed by atoms with Crippen molar-refractivity contribution in [2.24, 2.45) is 0 Å². The van der Waals surface area contributed by atoms with Gasteiger partial charge in [-0.05, 0) is 43.2 Å². The molecule has 1 aliphatic rings. The van der Waals surface area contributed by atoms with E-state index in [1.165, 1.54) is 0 Å². The van der Waals surface area contributed by atoms with Crippen LogP contribution in [0, 0.1) is 6.92 Å². The first kappa shape index (κ1) is 20.5. The van der Waals surface area contributed by atoms with E-state index in [1.807, 2.05) is 32.0 Å². The summed E-state index contributed by atoms with van der Waals surface area (Å²) < 4.78 is 35.2. The van der Waals surface area contributed by atoms with Gasteiger partial charge < -0.3 is 4.74 Å². The highest BCUT2D eigenvalue weighted by Crippen LogP contribution is 2.27. The molecular weight excluding hydrogens is 428 g/mol. The van der Waals surface area contributed by atoms with Crippen molar-refractivity contribution in [2.75, 3.05) is 26.3 Å². The zero-order valence-corrected chi connectivity index (χ0v) is 18.0. The van der Waals surface area contributed by atoms with Gasteiger partial charge in [0.15, 0.2) is 0 Å². The quantitative estimate of drug-likeness (QED) is 0.728. The van der Waals surface area contributed by atoms with Crippen LogP contribution < -0.4 is 4.72 Å². The van der Waals surface area contributed by atoms with Crippen molar-refractivity contribution in [3.8, 4) is 0 Å². The Kier molecular flexibility index (Phi) is 6.70. The summed E-state index contributed by atoms with van der Waals surface area (Å²) in [6.07, 6.45) is 0. The van der Waals surface area contributed by atoms with E-state index < -0.39 is 10.0 Å². The van der Waals surface area contributed by atoms with Crippen LogP contribution in [0.4, 0.5) is 0 Å². The van der Waals surface area contributed by atoms with Gasteiger partial charge in [-0.1, -0.05) is 46.3 Å². The average Bonchev–Trinajstić information content (AvgIpc) is 2.65. The lowest BCUT2D eigenvalue weighted by atomic mass is 9.99. The first-order chi connectivity index (χ1) is 12.9. The van der Waals surface area contributed by atoms with E-state index in [-0.39, 0.29) is 17.0 Å². The van der Waals surface area contributed by atoms with Gasteiger partial charge in [-0.25, -0.2) is 13.1 Å². The van der Waals surface area contributed by atoms with E-state index in [9.17, 15) is 8.42 Å². The van der Waals surface area contributed by atoms with Crippen molar-refractivity contribution < 1.29 is 13.2 Å². The molecule has 0 bridgehead atoms. The Morgan fingerprint density at radius 1 is 1.11 bits per heavy atom. The Bertz CT molecular complexity index is 868. The maximum atomic E-state index is 13.0. The smallest absolute Gasteiger partial charge is 0.240 e. The predicted octanol–water partition coefficient (Wildman–Crippen LogP) is 3.50. The standard InChI is InChI=1S/C20H25BrN2O3S/c1-15-14-18(8-9-19(15)21)27(24,25)22-16(2)20(17-6-4-3-5-7-17)23-10-12-26-13-11-23/h3-9,14,16,20,22H,10-13H2,1-2H3/t16-,20+/m0/s1. The van der Waals surface area contributed by atoms with E-state index in [4.69, 9.17) is 4.74 Å². The summed E-state index contributed by atoms with van der Waals surface area (Å²) in [5, 5.41) is 0. The molecule has 146 valence electrons. The molecule has 0 aromatic heterocycles. The van der Waals surface area contributed by atoms with Crippen LogP contribution in [0.15, 0.2) is 57.9 Å². The fourth-order valence-electron chi connectivity index (χ4n) is 3.48. The normalized spacial score (nSPS) is 18.2. The van der Waals surface area contributed by atoms with Gasteiger partial charge in [-0.15, -0.1) is 0 Å². The zero-order valence-electron chi connectivity index (χ0n) is 15.6. The molecule has 0 radical (unpaired) electrons. The highest BCUT2D eigenvalue weighted by atomic mass is 79.9. The van der Waals surface area contributed by atoms with Crippen LogP contribution in [-0.4, -0.2) is 45.7 Å². The third-order valence-corrected chi connectivity index (χ3v) is 7.28. The van der Waals surface area contributed by atoms with Crippen molar-refractivity contribution >= 4 is 26.0 Å². The fourth-order valence-corrected chi connectivity index (χ4v) is 5.06. The lowest BCUT2D eigenvalue weighted by Crippen LogP contribution is -2.48. The second kappa shape index (κ2) is 8.84. The van der Waals surface area contributed by atoms with Crippen molar-refractivity contribution in [3.05, 3.63) is 64.1 Å². The number of halogens is 1. The Balaban J connectivity index is 1.87. The molecule has 0 aliphatic carbocycles. The minimum atomic E-state index is -3.62. The van der Waals surface area contributed by atoms with Crippen LogP contribution in [-0.2, 0) is 14.8 Å². The maximum Gasteiger partial charge on any atom is 0.240 e. The Hall–Kier alpha value is -1.25. The Morgan fingerprint density at radius 2 is 1.78 bits per heavy atom. The van der Waals surface area contributed by atoms with Crippen molar-refractivity contribution in [3.63, 3.8) is 0 Å². The lowest BCUT2D eigenvalue weighted by molar-refractivity contribution is 0.0105. The van der Waals surface area contributed by atoms with Gasteiger partial charge in [-0.3, -0.25) is 4.90 Å². The highest BCUT2D eigenvalue weighted by molar-refractivity contribution is 9.10. The number of benzene rings is 2. The van der Waals surface area contributed by atoms with Gasteiger partial charge in [-0.2, -0.15) is 0 Å². The molecule has 0 unspecified atom stereocenters. The van der Waals surface area contributed by atoms with Crippen LogP contribution in [0.1, 0.15) is 24.1 Å². The minimum absolute atomic E-state index is 0.0542. The van der Waals surface area contributed by atoms with E-state index in [2.05, 4.69) is 37.7 Å². The second-order valence-electron chi connectivity index (χ2n) is 6.82. The molecule has 2 aromatic rings. The second-order valence-corrected chi connectivity index (χ2v) is 9.39. The average molecular weight is 453 g/mol. The van der Waals surface area contributed by atoms with Crippen molar-refractivity contribution in [2.45, 2.75) is 30.8 Å². The Labute approximate surface area is 169 Å². The first-order valence-electron chi connectivity index (χ1n) is 9.04. The lowest BCUT2D eigenvalue weighted by Gasteiger charge is -2.38. The molecule has 2 aromatic carbocycles. The number of aryl methyl sites for hydroxylation is 1. The summed E-state index contributed by atoms with van der Waals surface area (Å²) in [6, 6.07) is 14.8. The summed E-state index contributed by atoms with van der Waals surface area (Å²) >= 11 is 3.42. The van der Waals surface area contributed by atoms with Crippen LogP contribution >= 0.6 is 15.9 Å². The van der Waals surface area contributed by atoms with Gasteiger partial charge >= 0.3 is 0 Å². The molecule has 2 atom stereocenters. The van der Waals surface area contributed by atoms with Crippen molar-refractivity contribution in [1.29, 1.82) is 0 Å². The molecule has 1 aliphatic heterocycles. The number of morpholine rings is 1. The molecule has 5 nitrogen and oxygen atoms in total. The topological polar surface area (TPSA) is 58.6 Å². The minimum Gasteiger partial charge on any atom is -0.379 e. The number of sulfonamides is 1. The largest absolute Gasteiger partial charge is 0.379 e. The molecule has 1 fully saturated rings. The van der Waals surface area contributed by atoms with E-state index >= 15 is 0 Å². The van der Waals surface area contributed by atoms with Crippen LogP contribution in [0.25, 0.3) is 0 Å². The summed E-state index contributed by atoms with van der Waals surface area (Å²) in [5.41, 5.74) is 1.99. The van der Waals surface area contributed by atoms with Gasteiger partial charge in [0.1, 0.15) is 0 Å². The molecule has 0 spiro atoms.